The number of carbonyl (C=O) groups is 2. The Morgan fingerprint density at radius 1 is 1.36 bits per heavy atom. The van der Waals surface area contributed by atoms with Crippen LogP contribution in [-0.2, 0) is 9.59 Å². The number of aliphatic hydroxyl groups is 1. The Kier molecular flexibility index (Phi) is 12.9. The zero-order valence-electron chi connectivity index (χ0n) is 7.65. The second-order valence-corrected chi connectivity index (χ2v) is 1.45. The van der Waals surface area contributed by atoms with Crippen LogP contribution in [0.15, 0.2) is 0 Å². The summed E-state index contributed by atoms with van der Waals surface area (Å²) in [6, 6.07) is 0. The summed E-state index contributed by atoms with van der Waals surface area (Å²) in [4.78, 5) is 19.4. The maximum absolute atomic E-state index is 9.72. The van der Waals surface area contributed by atoms with Gasteiger partial charge in [0.15, 0.2) is 6.10 Å². The number of hydrogen-bond acceptors (Lipinski definition) is 3. The molecule has 0 bridgehead atoms. The van der Waals surface area contributed by atoms with Crippen molar-refractivity contribution < 1.29 is 33.2 Å². The summed E-state index contributed by atoms with van der Waals surface area (Å²) in [6.45, 7) is 0. The quantitative estimate of drug-likeness (QED) is 0.445. The van der Waals surface area contributed by atoms with Gasteiger partial charge < -0.3 is 23.6 Å². The molecule has 0 aliphatic heterocycles. The number of aliphatic carboxylic acids is 2. The molecule has 0 aromatic rings. The van der Waals surface area contributed by atoms with E-state index in [0.29, 0.717) is 0 Å². The fourth-order valence-electron chi connectivity index (χ4n) is 0.253. The molecule has 0 rings (SSSR count). The number of carboxylic acids is 2. The van der Waals surface area contributed by atoms with E-state index in [0.717, 1.165) is 0 Å². The van der Waals surface area contributed by atoms with Gasteiger partial charge in [-0.15, -0.1) is 0 Å². The Morgan fingerprint density at radius 2 is 1.73 bits per heavy atom. The van der Waals surface area contributed by atoms with Crippen LogP contribution in [0, 0.1) is 0 Å². The SMILES string of the molecule is O.O=C(O)CC(O)C(=O)O.[Ca+2].[H-].[H-]. The first-order valence-corrected chi connectivity index (χ1v) is 2.16. The normalized spacial score (nSPS) is 10.3. The van der Waals surface area contributed by atoms with Crippen molar-refractivity contribution in [2.24, 2.45) is 0 Å². The van der Waals surface area contributed by atoms with E-state index in [9.17, 15) is 9.59 Å². The number of carboxylic acid groups (broad SMARTS) is 2. The van der Waals surface area contributed by atoms with Gasteiger partial charge in [0.2, 0.25) is 0 Å². The third kappa shape index (κ3) is 10.1. The van der Waals surface area contributed by atoms with E-state index < -0.39 is 24.5 Å². The molecule has 11 heavy (non-hydrogen) atoms. The largest absolute Gasteiger partial charge is 2.00 e. The second-order valence-electron chi connectivity index (χ2n) is 1.45. The van der Waals surface area contributed by atoms with Crippen molar-refractivity contribution >= 4 is 49.7 Å². The molecule has 0 heterocycles. The summed E-state index contributed by atoms with van der Waals surface area (Å²) in [5.41, 5.74) is 0. The van der Waals surface area contributed by atoms with Gasteiger partial charge in [-0.2, -0.15) is 0 Å². The maximum atomic E-state index is 9.72. The predicted octanol–water partition coefficient (Wildman–Crippen LogP) is -2.07. The first kappa shape index (κ1) is 17.3. The minimum Gasteiger partial charge on any atom is -1.00 e. The smallest absolute Gasteiger partial charge is 1.00 e. The van der Waals surface area contributed by atoms with Crippen LogP contribution in [0.1, 0.15) is 9.27 Å². The van der Waals surface area contributed by atoms with Gasteiger partial charge in [-0.05, 0) is 0 Å². The molecule has 0 amide bonds. The Morgan fingerprint density at radius 3 is 1.82 bits per heavy atom. The fourth-order valence-corrected chi connectivity index (χ4v) is 0.253. The van der Waals surface area contributed by atoms with Gasteiger partial charge in [0, 0.05) is 0 Å². The molecule has 0 aromatic carbocycles. The van der Waals surface area contributed by atoms with E-state index in [1.165, 1.54) is 0 Å². The van der Waals surface area contributed by atoms with E-state index in [2.05, 4.69) is 0 Å². The van der Waals surface area contributed by atoms with Gasteiger partial charge in [0.05, 0.1) is 6.42 Å². The van der Waals surface area contributed by atoms with E-state index in [1.807, 2.05) is 0 Å². The van der Waals surface area contributed by atoms with E-state index >= 15 is 0 Å². The monoisotopic (exact) mass is 194 g/mol. The Labute approximate surface area is 95.1 Å². The minimum atomic E-state index is -1.79. The van der Waals surface area contributed by atoms with Gasteiger partial charge in [0.25, 0.3) is 0 Å². The van der Waals surface area contributed by atoms with Gasteiger partial charge in [-0.1, -0.05) is 0 Å². The van der Waals surface area contributed by atoms with Gasteiger partial charge in [-0.25, -0.2) is 4.79 Å². The van der Waals surface area contributed by atoms with Crippen LogP contribution in [0.25, 0.3) is 0 Å². The van der Waals surface area contributed by atoms with Gasteiger partial charge in [-0.3, -0.25) is 4.79 Å². The molecule has 7 heteroatoms. The molecular formula is C4H10CaO6. The van der Waals surface area contributed by atoms with E-state index in [4.69, 9.17) is 15.3 Å². The molecule has 0 aliphatic carbocycles. The van der Waals surface area contributed by atoms with E-state index in [1.54, 1.807) is 0 Å². The van der Waals surface area contributed by atoms with Crippen LogP contribution >= 0.6 is 0 Å². The molecule has 0 radical (unpaired) electrons. The number of aliphatic hydroxyl groups excluding tert-OH is 1. The van der Waals surface area contributed by atoms with Crippen LogP contribution in [0.4, 0.5) is 0 Å². The summed E-state index contributed by atoms with van der Waals surface area (Å²) in [6.07, 6.45) is -2.54. The molecule has 1 unspecified atom stereocenters. The van der Waals surface area contributed by atoms with Crippen molar-refractivity contribution in [2.75, 3.05) is 0 Å². The Balaban J connectivity index is -0.0000000533. The average Bonchev–Trinajstić information content (AvgIpc) is 1.63. The van der Waals surface area contributed by atoms with Crippen LogP contribution in [0.2, 0.25) is 0 Å². The van der Waals surface area contributed by atoms with Crippen molar-refractivity contribution in [2.45, 2.75) is 12.5 Å². The van der Waals surface area contributed by atoms with Gasteiger partial charge >= 0.3 is 49.7 Å². The molecule has 6 nitrogen and oxygen atoms in total. The number of rotatable bonds is 3. The van der Waals surface area contributed by atoms with Crippen LogP contribution in [0.5, 0.6) is 0 Å². The van der Waals surface area contributed by atoms with Crippen LogP contribution in [-0.4, -0.2) is 76.6 Å². The topological polar surface area (TPSA) is 126 Å². The number of hydrogen-bond donors (Lipinski definition) is 3. The molecule has 0 aliphatic rings. The zero-order valence-corrected chi connectivity index (χ0v) is 7.86. The molecule has 0 saturated heterocycles. The molecule has 5 N–H and O–H groups in total. The molecule has 0 saturated carbocycles. The summed E-state index contributed by atoms with van der Waals surface area (Å²) < 4.78 is 0. The predicted molar refractivity (Wildman–Crippen MR) is 37.5 cm³/mol. The summed E-state index contributed by atoms with van der Waals surface area (Å²) in [5, 5.41) is 24.1. The third-order valence-corrected chi connectivity index (χ3v) is 0.653. The third-order valence-electron chi connectivity index (χ3n) is 0.653. The van der Waals surface area contributed by atoms with Crippen molar-refractivity contribution in [1.82, 2.24) is 0 Å². The Hall–Kier alpha value is 0.120. The van der Waals surface area contributed by atoms with Crippen molar-refractivity contribution in [1.29, 1.82) is 0 Å². The van der Waals surface area contributed by atoms with Crippen LogP contribution < -0.4 is 0 Å². The zero-order chi connectivity index (χ0) is 7.44. The van der Waals surface area contributed by atoms with Crippen LogP contribution in [0.3, 0.4) is 0 Å². The molecule has 0 spiro atoms. The summed E-state index contributed by atoms with van der Waals surface area (Å²) >= 11 is 0. The first-order valence-electron chi connectivity index (χ1n) is 2.16. The van der Waals surface area contributed by atoms with Crippen molar-refractivity contribution in [3.8, 4) is 0 Å². The molecular weight excluding hydrogens is 184 g/mol. The second kappa shape index (κ2) is 8.22. The molecule has 0 aromatic heterocycles. The molecule has 0 fully saturated rings. The van der Waals surface area contributed by atoms with Gasteiger partial charge in [0.1, 0.15) is 0 Å². The van der Waals surface area contributed by atoms with E-state index in [-0.39, 0.29) is 46.1 Å². The first-order chi connectivity index (χ1) is 4.04. The van der Waals surface area contributed by atoms with Crippen molar-refractivity contribution in [3.63, 3.8) is 0 Å². The standard InChI is InChI=1S/C4H6O5.Ca.H2O.2H/c5-2(4(8)9)1-3(6)7;;;;/h2,5H,1H2,(H,6,7)(H,8,9);;1H2;;/q;+2;;2*-1. The fraction of sp³-hybridized carbons (Fsp3) is 0.500. The Bertz CT molecular complexity index is 143. The maximum Gasteiger partial charge on any atom is 2.00 e. The molecule has 64 valence electrons. The summed E-state index contributed by atoms with van der Waals surface area (Å²) in [7, 11) is 0. The minimum absolute atomic E-state index is 0. The average molecular weight is 194 g/mol. The van der Waals surface area contributed by atoms with Crippen molar-refractivity contribution in [3.05, 3.63) is 0 Å². The summed E-state index contributed by atoms with van der Waals surface area (Å²) in [5.74, 6) is -2.85. The molecule has 1 atom stereocenters.